The number of nitro groups is 1. The first kappa shape index (κ1) is 15.0. The molecule has 1 aromatic carbocycles. The number of non-ortho nitro benzene ring substituents is 1. The van der Waals surface area contributed by atoms with Gasteiger partial charge in [0.15, 0.2) is 0 Å². The zero-order valence-corrected chi connectivity index (χ0v) is 13.7. The van der Waals surface area contributed by atoms with E-state index in [1.165, 1.54) is 12.1 Å². The molecule has 0 amide bonds. The predicted octanol–water partition coefficient (Wildman–Crippen LogP) is 2.95. The van der Waals surface area contributed by atoms with Crippen molar-refractivity contribution in [2.45, 2.75) is 44.4 Å². The molecule has 0 spiro atoms. The molecule has 0 saturated heterocycles. The molecule has 7 nitrogen and oxygen atoms in total. The molecule has 2 aromatic rings. The van der Waals surface area contributed by atoms with Crippen molar-refractivity contribution in [1.82, 2.24) is 9.97 Å². The molecule has 1 fully saturated rings. The van der Waals surface area contributed by atoms with Crippen molar-refractivity contribution in [1.29, 1.82) is 0 Å². The van der Waals surface area contributed by atoms with E-state index in [9.17, 15) is 20.0 Å². The molecule has 1 aromatic heterocycles. The SMILES string of the molecule is CC1(C)[C@@]2(C)CC[C@]1(C(=O)O)c1nc3cc([N+](=O)[O-])ccc3nc12. The van der Waals surface area contributed by atoms with Crippen molar-refractivity contribution in [3.63, 3.8) is 0 Å². The highest BCUT2D eigenvalue weighted by molar-refractivity contribution is 5.88. The van der Waals surface area contributed by atoms with Crippen molar-refractivity contribution in [2.24, 2.45) is 5.41 Å². The van der Waals surface area contributed by atoms with Gasteiger partial charge in [0.1, 0.15) is 5.41 Å². The number of fused-ring (bicyclic) bond motifs is 6. The number of benzene rings is 1. The van der Waals surface area contributed by atoms with Crippen LogP contribution in [-0.2, 0) is 15.6 Å². The third kappa shape index (κ3) is 1.37. The van der Waals surface area contributed by atoms with Gasteiger partial charge in [-0.3, -0.25) is 14.9 Å². The van der Waals surface area contributed by atoms with Crippen LogP contribution in [0, 0.1) is 15.5 Å². The predicted molar refractivity (Wildman–Crippen MR) is 85.9 cm³/mol. The molecule has 2 bridgehead atoms. The summed E-state index contributed by atoms with van der Waals surface area (Å²) in [6.07, 6.45) is 1.25. The van der Waals surface area contributed by atoms with E-state index >= 15 is 0 Å². The van der Waals surface area contributed by atoms with Crippen LogP contribution in [0.1, 0.15) is 45.0 Å². The van der Waals surface area contributed by atoms with Crippen LogP contribution >= 0.6 is 0 Å². The van der Waals surface area contributed by atoms with Crippen molar-refractivity contribution < 1.29 is 14.8 Å². The fourth-order valence-electron chi connectivity index (χ4n) is 4.68. The third-order valence-electron chi connectivity index (χ3n) is 6.60. The van der Waals surface area contributed by atoms with Gasteiger partial charge in [-0.15, -0.1) is 0 Å². The Morgan fingerprint density at radius 1 is 1.17 bits per heavy atom. The summed E-state index contributed by atoms with van der Waals surface area (Å²) in [4.78, 5) is 32.0. The second-order valence-corrected chi connectivity index (χ2v) is 7.52. The largest absolute Gasteiger partial charge is 0.481 e. The number of carboxylic acids is 1. The zero-order chi connectivity index (χ0) is 17.5. The molecular formula is C17H17N3O4. The summed E-state index contributed by atoms with van der Waals surface area (Å²) < 4.78 is 0. The summed E-state index contributed by atoms with van der Waals surface area (Å²) in [6, 6.07) is 4.34. The van der Waals surface area contributed by atoms with Crippen LogP contribution in [0.2, 0.25) is 0 Å². The molecule has 7 heteroatoms. The lowest BCUT2D eigenvalue weighted by atomic mass is 9.64. The first-order valence-corrected chi connectivity index (χ1v) is 7.86. The van der Waals surface area contributed by atoms with Gasteiger partial charge in [0.25, 0.3) is 5.69 Å². The Kier molecular flexibility index (Phi) is 2.55. The summed E-state index contributed by atoms with van der Waals surface area (Å²) in [5.74, 6) is -0.894. The molecule has 4 rings (SSSR count). The molecule has 1 N–H and O–H groups in total. The maximum atomic E-state index is 12.2. The Hall–Kier alpha value is -2.57. The number of nitrogens with zero attached hydrogens (tertiary/aromatic N) is 3. The first-order chi connectivity index (χ1) is 11.1. The van der Waals surface area contributed by atoms with Crippen LogP contribution in [0.3, 0.4) is 0 Å². The monoisotopic (exact) mass is 327 g/mol. The van der Waals surface area contributed by atoms with E-state index in [1.54, 1.807) is 6.07 Å². The van der Waals surface area contributed by atoms with Gasteiger partial charge in [-0.2, -0.15) is 0 Å². The average molecular weight is 327 g/mol. The van der Waals surface area contributed by atoms with E-state index in [0.29, 0.717) is 23.1 Å². The highest BCUT2D eigenvalue weighted by Crippen LogP contribution is 2.70. The van der Waals surface area contributed by atoms with Crippen molar-refractivity contribution in [3.05, 3.63) is 39.7 Å². The van der Waals surface area contributed by atoms with Crippen LogP contribution in [0.25, 0.3) is 11.0 Å². The van der Waals surface area contributed by atoms with Gasteiger partial charge in [-0.05, 0) is 24.3 Å². The summed E-state index contributed by atoms with van der Waals surface area (Å²) in [5, 5.41) is 21.0. The van der Waals surface area contributed by atoms with Gasteiger partial charge in [0, 0.05) is 17.5 Å². The Morgan fingerprint density at radius 3 is 2.46 bits per heavy atom. The average Bonchev–Trinajstić information content (AvgIpc) is 2.81. The molecular weight excluding hydrogens is 310 g/mol. The minimum atomic E-state index is -1.09. The summed E-state index contributed by atoms with van der Waals surface area (Å²) >= 11 is 0. The molecule has 1 heterocycles. The zero-order valence-electron chi connectivity index (χ0n) is 13.7. The minimum absolute atomic E-state index is 0.0743. The number of rotatable bonds is 2. The molecule has 24 heavy (non-hydrogen) atoms. The number of carbonyl (C=O) groups is 1. The number of aromatic nitrogens is 2. The van der Waals surface area contributed by atoms with Gasteiger partial charge < -0.3 is 5.11 Å². The van der Waals surface area contributed by atoms with E-state index in [2.05, 4.69) is 16.9 Å². The van der Waals surface area contributed by atoms with E-state index in [-0.39, 0.29) is 11.1 Å². The standard InChI is InChI=1S/C17H17N3O4/c1-15(2)16(3)6-7-17(15,14(21)22)13-12(16)18-10-5-4-9(20(23)24)8-11(10)19-13/h4-5,8H,6-7H2,1-3H3,(H,21,22)/t16-,17+/m0/s1. The van der Waals surface area contributed by atoms with Gasteiger partial charge in [-0.25, -0.2) is 9.97 Å². The molecule has 1 saturated carbocycles. The van der Waals surface area contributed by atoms with Crippen LogP contribution in [0.5, 0.6) is 0 Å². The highest BCUT2D eigenvalue weighted by Gasteiger charge is 2.73. The number of nitro benzene ring substituents is 1. The van der Waals surface area contributed by atoms with Gasteiger partial charge in [0.05, 0.1) is 27.3 Å². The number of carboxylic acid groups (broad SMARTS) is 1. The van der Waals surface area contributed by atoms with E-state index in [1.807, 2.05) is 13.8 Å². The van der Waals surface area contributed by atoms with Crippen LogP contribution in [0.15, 0.2) is 18.2 Å². The first-order valence-electron chi connectivity index (χ1n) is 7.86. The quantitative estimate of drug-likeness (QED) is 0.671. The van der Waals surface area contributed by atoms with Gasteiger partial charge in [-0.1, -0.05) is 20.8 Å². The lowest BCUT2D eigenvalue weighted by molar-refractivity contribution is -0.384. The normalized spacial score (nSPS) is 29.6. The summed E-state index contributed by atoms with van der Waals surface area (Å²) in [5.41, 5.74) is 0.0587. The molecule has 0 aliphatic heterocycles. The molecule has 2 aliphatic rings. The Morgan fingerprint density at radius 2 is 1.83 bits per heavy atom. The minimum Gasteiger partial charge on any atom is -0.481 e. The number of hydrogen-bond acceptors (Lipinski definition) is 5. The molecule has 2 aliphatic carbocycles. The number of aliphatic carboxylic acids is 1. The van der Waals surface area contributed by atoms with Crippen LogP contribution < -0.4 is 0 Å². The van der Waals surface area contributed by atoms with Crippen molar-refractivity contribution in [3.8, 4) is 0 Å². The highest BCUT2D eigenvalue weighted by atomic mass is 16.6. The molecule has 0 radical (unpaired) electrons. The smallest absolute Gasteiger partial charge is 0.316 e. The van der Waals surface area contributed by atoms with E-state index in [0.717, 1.165) is 12.1 Å². The fourth-order valence-corrected chi connectivity index (χ4v) is 4.68. The summed E-state index contributed by atoms with van der Waals surface area (Å²) in [7, 11) is 0. The fraction of sp³-hybridized carbons (Fsp3) is 0.471. The Balaban J connectivity index is 2.08. The van der Waals surface area contributed by atoms with Crippen molar-refractivity contribution >= 4 is 22.7 Å². The Labute approximate surface area is 137 Å². The topological polar surface area (TPSA) is 106 Å². The second-order valence-electron chi connectivity index (χ2n) is 7.52. The maximum absolute atomic E-state index is 12.2. The van der Waals surface area contributed by atoms with Crippen LogP contribution in [-0.4, -0.2) is 26.0 Å². The van der Waals surface area contributed by atoms with Crippen LogP contribution in [0.4, 0.5) is 5.69 Å². The lowest BCUT2D eigenvalue weighted by Crippen LogP contribution is -2.45. The van der Waals surface area contributed by atoms with E-state index < -0.39 is 21.7 Å². The Bertz CT molecular complexity index is 939. The van der Waals surface area contributed by atoms with Gasteiger partial charge in [0.2, 0.25) is 0 Å². The summed E-state index contributed by atoms with van der Waals surface area (Å²) in [6.45, 7) is 5.98. The molecule has 0 unspecified atom stereocenters. The molecule has 2 atom stereocenters. The van der Waals surface area contributed by atoms with Gasteiger partial charge >= 0.3 is 5.97 Å². The number of hydrogen-bond donors (Lipinski definition) is 1. The molecule has 124 valence electrons. The third-order valence-corrected chi connectivity index (χ3v) is 6.60. The van der Waals surface area contributed by atoms with E-state index in [4.69, 9.17) is 0 Å². The maximum Gasteiger partial charge on any atom is 0.316 e. The second kappa shape index (κ2) is 4.09. The van der Waals surface area contributed by atoms with Crippen molar-refractivity contribution in [2.75, 3.05) is 0 Å². The lowest BCUT2D eigenvalue weighted by Gasteiger charge is -2.37.